The van der Waals surface area contributed by atoms with Gasteiger partial charge in [0.05, 0.1) is 32.6 Å². The highest BCUT2D eigenvalue weighted by molar-refractivity contribution is 7.92. The van der Waals surface area contributed by atoms with Crippen LogP contribution in [0.2, 0.25) is 0 Å². The zero-order valence-corrected chi connectivity index (χ0v) is 22.9. The number of methoxy groups -OCH3 is 3. The molecule has 0 unspecified atom stereocenters. The number of hydrogen-bond acceptors (Lipinski definition) is 7. The van der Waals surface area contributed by atoms with Crippen LogP contribution in [-0.4, -0.2) is 46.0 Å². The molecule has 0 atom stereocenters. The number of benzene rings is 2. The van der Waals surface area contributed by atoms with Crippen LogP contribution in [-0.2, 0) is 26.8 Å². The third-order valence-corrected chi connectivity index (χ3v) is 6.21. The molecule has 0 aliphatic carbocycles. The molecule has 37 heavy (non-hydrogen) atoms. The van der Waals surface area contributed by atoms with E-state index in [1.165, 1.54) is 13.3 Å². The summed E-state index contributed by atoms with van der Waals surface area (Å²) in [6, 6.07) is 9.20. The van der Waals surface area contributed by atoms with Crippen molar-refractivity contribution in [1.82, 2.24) is 9.97 Å². The Hall–Kier alpha value is -3.63. The van der Waals surface area contributed by atoms with Crippen molar-refractivity contribution in [3.05, 3.63) is 69.1 Å². The maximum atomic E-state index is 12.8. The summed E-state index contributed by atoms with van der Waals surface area (Å²) in [5.41, 5.74) is 4.27. The monoisotopic (exact) mass is 527 g/mol. The van der Waals surface area contributed by atoms with E-state index in [2.05, 4.69) is 35.5 Å². The molecule has 1 aromatic heterocycles. The average Bonchev–Trinajstić information content (AvgIpc) is 2.81. The van der Waals surface area contributed by atoms with Gasteiger partial charge in [0.1, 0.15) is 5.75 Å². The Kier molecular flexibility index (Phi) is 8.45. The molecule has 2 N–H and O–H groups in total. The lowest BCUT2D eigenvalue weighted by molar-refractivity contribution is 0.185. The minimum Gasteiger partial charge on any atom is -0.496 e. The third kappa shape index (κ3) is 6.99. The molecule has 0 saturated heterocycles. The second kappa shape index (κ2) is 11.2. The lowest BCUT2D eigenvalue weighted by atomic mass is 9.83. The average molecular weight is 528 g/mol. The van der Waals surface area contributed by atoms with E-state index >= 15 is 0 Å². The Bertz CT molecular complexity index is 1470. The largest absolute Gasteiger partial charge is 0.496 e. The van der Waals surface area contributed by atoms with Crippen molar-refractivity contribution in [2.45, 2.75) is 32.8 Å². The molecule has 0 fully saturated rings. The molecule has 3 rings (SSSR count). The summed E-state index contributed by atoms with van der Waals surface area (Å²) in [5, 5.41) is 0. The Morgan fingerprint density at radius 2 is 1.73 bits per heavy atom. The van der Waals surface area contributed by atoms with Crippen LogP contribution in [0.3, 0.4) is 0 Å². The van der Waals surface area contributed by atoms with Gasteiger partial charge >= 0.3 is 0 Å². The molecule has 0 spiro atoms. The maximum absolute atomic E-state index is 12.8. The zero-order valence-electron chi connectivity index (χ0n) is 22.1. The summed E-state index contributed by atoms with van der Waals surface area (Å²) in [6.45, 7) is 6.50. The van der Waals surface area contributed by atoms with Gasteiger partial charge in [-0.05, 0) is 46.4 Å². The zero-order chi connectivity index (χ0) is 27.4. The molecule has 1 heterocycles. The fourth-order valence-corrected chi connectivity index (χ4v) is 4.46. The summed E-state index contributed by atoms with van der Waals surface area (Å²) in [5.74, 6) is 0.689. The molecule has 3 aromatic rings. The number of H-pyrrole nitrogens is 1. The second-order valence-corrected chi connectivity index (χ2v) is 11.3. The standard InChI is InChI=1S/C27H33N3O6S/c1-27(2,3)23-14-19(22-15-28-26(36-6)29-25(22)31)12-18(24(23)35-5)9-8-17-10-11-21(30-37(7,32)33)13-20(17)16-34-4/h8-15,30H,16H2,1-7H3,(H,28,29,31). The Labute approximate surface area is 217 Å². The van der Waals surface area contributed by atoms with Gasteiger partial charge in [0, 0.05) is 30.1 Å². The topological polar surface area (TPSA) is 120 Å². The van der Waals surface area contributed by atoms with Crippen LogP contribution in [0.5, 0.6) is 11.8 Å². The molecule has 0 bridgehead atoms. The number of ether oxygens (including phenoxy) is 3. The number of aromatic nitrogens is 2. The van der Waals surface area contributed by atoms with Gasteiger partial charge in [-0.2, -0.15) is 0 Å². The highest BCUT2D eigenvalue weighted by Crippen LogP contribution is 2.38. The van der Waals surface area contributed by atoms with Crippen molar-refractivity contribution >= 4 is 27.9 Å². The summed E-state index contributed by atoms with van der Waals surface area (Å²) in [4.78, 5) is 19.6. The van der Waals surface area contributed by atoms with Crippen molar-refractivity contribution in [1.29, 1.82) is 0 Å². The number of aromatic amines is 1. The van der Waals surface area contributed by atoms with Gasteiger partial charge in [-0.3, -0.25) is 14.5 Å². The molecule has 198 valence electrons. The van der Waals surface area contributed by atoms with Crippen molar-refractivity contribution in [3.8, 4) is 22.9 Å². The summed E-state index contributed by atoms with van der Waals surface area (Å²) in [6.07, 6.45) is 6.40. The molecular formula is C27H33N3O6S. The smallest absolute Gasteiger partial charge is 0.296 e. The number of nitrogens with one attached hydrogen (secondary N) is 2. The number of hydrogen-bond donors (Lipinski definition) is 2. The fourth-order valence-electron chi connectivity index (χ4n) is 3.91. The van der Waals surface area contributed by atoms with Crippen LogP contribution in [0, 0.1) is 0 Å². The maximum Gasteiger partial charge on any atom is 0.296 e. The predicted molar refractivity (Wildman–Crippen MR) is 147 cm³/mol. The predicted octanol–water partition coefficient (Wildman–Crippen LogP) is 4.44. The Morgan fingerprint density at radius 3 is 2.30 bits per heavy atom. The SMILES string of the molecule is COCc1cc(NS(C)(=O)=O)ccc1C=Cc1cc(-c2cnc(OC)[nH]c2=O)cc(C(C)(C)C)c1OC. The van der Waals surface area contributed by atoms with Gasteiger partial charge in [0.2, 0.25) is 10.0 Å². The normalized spacial score (nSPS) is 12.1. The highest BCUT2D eigenvalue weighted by atomic mass is 32.2. The lowest BCUT2D eigenvalue weighted by Crippen LogP contribution is -2.15. The summed E-state index contributed by atoms with van der Waals surface area (Å²) < 4.78 is 42.0. The first-order valence-electron chi connectivity index (χ1n) is 11.5. The lowest BCUT2D eigenvalue weighted by Gasteiger charge is -2.24. The van der Waals surface area contributed by atoms with Crippen LogP contribution in [0.15, 0.2) is 41.3 Å². The van der Waals surface area contributed by atoms with E-state index in [0.717, 1.165) is 28.5 Å². The van der Waals surface area contributed by atoms with Crippen LogP contribution >= 0.6 is 0 Å². The second-order valence-electron chi connectivity index (χ2n) is 9.59. The number of nitrogens with zero attached hydrogens (tertiary/aromatic N) is 1. The molecule has 2 aromatic carbocycles. The van der Waals surface area contributed by atoms with Crippen LogP contribution in [0.25, 0.3) is 23.3 Å². The molecule has 0 saturated carbocycles. The first-order valence-corrected chi connectivity index (χ1v) is 13.4. The van der Waals surface area contributed by atoms with E-state index in [-0.39, 0.29) is 23.6 Å². The first kappa shape index (κ1) is 27.9. The molecule has 0 aliphatic rings. The van der Waals surface area contributed by atoms with E-state index < -0.39 is 10.0 Å². The van der Waals surface area contributed by atoms with E-state index in [1.807, 2.05) is 30.4 Å². The number of rotatable bonds is 9. The molecular weight excluding hydrogens is 494 g/mol. The Balaban J connectivity index is 2.16. The van der Waals surface area contributed by atoms with Crippen molar-refractivity contribution in [3.63, 3.8) is 0 Å². The third-order valence-electron chi connectivity index (χ3n) is 5.60. The van der Waals surface area contributed by atoms with E-state index in [1.54, 1.807) is 26.4 Å². The van der Waals surface area contributed by atoms with Gasteiger partial charge in [0.15, 0.2) is 0 Å². The van der Waals surface area contributed by atoms with E-state index in [0.29, 0.717) is 22.6 Å². The van der Waals surface area contributed by atoms with Gasteiger partial charge in [-0.1, -0.05) is 39.0 Å². The molecule has 10 heteroatoms. The van der Waals surface area contributed by atoms with E-state index in [4.69, 9.17) is 14.2 Å². The van der Waals surface area contributed by atoms with Crippen LogP contribution in [0.1, 0.15) is 43.0 Å². The van der Waals surface area contributed by atoms with Crippen molar-refractivity contribution < 1.29 is 22.6 Å². The number of sulfonamides is 1. The van der Waals surface area contributed by atoms with Gasteiger partial charge in [-0.15, -0.1) is 0 Å². The van der Waals surface area contributed by atoms with Crippen LogP contribution < -0.4 is 19.8 Å². The summed E-state index contributed by atoms with van der Waals surface area (Å²) >= 11 is 0. The van der Waals surface area contributed by atoms with Gasteiger partial charge < -0.3 is 14.2 Å². The molecule has 0 aliphatic heterocycles. The Morgan fingerprint density at radius 1 is 1.03 bits per heavy atom. The van der Waals surface area contributed by atoms with Crippen molar-refractivity contribution in [2.24, 2.45) is 0 Å². The molecule has 0 amide bonds. The number of anilines is 1. The molecule has 0 radical (unpaired) electrons. The van der Waals surface area contributed by atoms with Gasteiger partial charge in [0.25, 0.3) is 11.6 Å². The van der Waals surface area contributed by atoms with Crippen molar-refractivity contribution in [2.75, 3.05) is 32.3 Å². The quantitative estimate of drug-likeness (QED) is 0.395. The first-order chi connectivity index (χ1) is 17.4. The minimum atomic E-state index is -3.41. The minimum absolute atomic E-state index is 0.137. The summed E-state index contributed by atoms with van der Waals surface area (Å²) in [7, 11) is 1.22. The van der Waals surface area contributed by atoms with E-state index in [9.17, 15) is 13.2 Å². The fraction of sp³-hybridized carbons (Fsp3) is 0.333. The molecule has 9 nitrogen and oxygen atoms in total. The van der Waals surface area contributed by atoms with Crippen LogP contribution in [0.4, 0.5) is 5.69 Å². The van der Waals surface area contributed by atoms with Gasteiger partial charge in [-0.25, -0.2) is 13.4 Å². The highest BCUT2D eigenvalue weighted by Gasteiger charge is 2.23.